The van der Waals surface area contributed by atoms with Gasteiger partial charge in [-0.05, 0) is 45.0 Å². The largest absolute Gasteiger partial charge is 0.471 e. The van der Waals surface area contributed by atoms with Gasteiger partial charge in [0.2, 0.25) is 5.82 Å². The lowest BCUT2D eigenvalue weighted by molar-refractivity contribution is -0.159. The number of amides is 1. The third kappa shape index (κ3) is 4.40. The molecular weight excluding hydrogens is 349 g/mol. The zero-order valence-corrected chi connectivity index (χ0v) is 14.2. The molecule has 1 aromatic heterocycles. The maximum absolute atomic E-state index is 12.5. The van der Waals surface area contributed by atoms with Crippen molar-refractivity contribution in [1.82, 2.24) is 20.4 Å². The molecule has 1 amide bonds. The molecule has 0 saturated carbocycles. The molecule has 0 radical (unpaired) electrons. The predicted octanol–water partition coefficient (Wildman–Crippen LogP) is 2.97. The van der Waals surface area contributed by atoms with E-state index in [4.69, 9.17) is 0 Å². The Balaban J connectivity index is 1.61. The summed E-state index contributed by atoms with van der Waals surface area (Å²) in [6, 6.07) is 6.04. The van der Waals surface area contributed by atoms with Gasteiger partial charge in [-0.2, -0.15) is 18.2 Å². The van der Waals surface area contributed by atoms with Gasteiger partial charge in [-0.1, -0.05) is 17.3 Å². The summed E-state index contributed by atoms with van der Waals surface area (Å²) in [5.41, 5.74) is 0.757. The number of hydrogen-bond donors (Lipinski definition) is 1. The molecule has 0 bridgehead atoms. The van der Waals surface area contributed by atoms with E-state index in [1.807, 2.05) is 6.92 Å². The average Bonchev–Trinajstić information content (AvgIpc) is 3.26. The van der Waals surface area contributed by atoms with Crippen LogP contribution in [-0.2, 0) is 6.18 Å². The van der Waals surface area contributed by atoms with E-state index in [1.54, 1.807) is 0 Å². The first-order valence-electron chi connectivity index (χ1n) is 8.37. The minimum atomic E-state index is -4.68. The summed E-state index contributed by atoms with van der Waals surface area (Å²) in [5, 5.41) is 6.25. The first kappa shape index (κ1) is 18.4. The molecule has 26 heavy (non-hydrogen) atoms. The molecule has 1 fully saturated rings. The fraction of sp³-hybridized carbons (Fsp3) is 0.471. The van der Waals surface area contributed by atoms with Crippen LogP contribution in [0, 0.1) is 0 Å². The minimum absolute atomic E-state index is 0.00632. The van der Waals surface area contributed by atoms with Crippen molar-refractivity contribution >= 4 is 5.91 Å². The second-order valence-corrected chi connectivity index (χ2v) is 6.38. The maximum Gasteiger partial charge on any atom is 0.471 e. The SMILES string of the molecule is C[C@@H](CN1CCCC1)NC(=O)c1ccc(-c2noc(C(F)(F)F)n2)cc1. The number of carbonyl (C=O) groups is 1. The van der Waals surface area contributed by atoms with Crippen molar-refractivity contribution in [2.75, 3.05) is 19.6 Å². The third-order valence-corrected chi connectivity index (χ3v) is 4.18. The monoisotopic (exact) mass is 368 g/mol. The molecule has 1 saturated heterocycles. The molecule has 1 aromatic carbocycles. The number of halogens is 3. The van der Waals surface area contributed by atoms with Gasteiger partial charge < -0.3 is 14.7 Å². The summed E-state index contributed by atoms with van der Waals surface area (Å²) in [4.78, 5) is 17.9. The van der Waals surface area contributed by atoms with Crippen LogP contribution in [0.5, 0.6) is 0 Å². The molecule has 140 valence electrons. The number of alkyl halides is 3. The van der Waals surface area contributed by atoms with Gasteiger partial charge in [0.05, 0.1) is 0 Å². The average molecular weight is 368 g/mol. The normalized spacial score (nSPS) is 16.6. The lowest BCUT2D eigenvalue weighted by Crippen LogP contribution is -2.41. The number of likely N-dealkylation sites (tertiary alicyclic amines) is 1. The van der Waals surface area contributed by atoms with E-state index in [0.29, 0.717) is 11.1 Å². The van der Waals surface area contributed by atoms with Gasteiger partial charge in [-0.3, -0.25) is 4.79 Å². The van der Waals surface area contributed by atoms with Gasteiger partial charge in [-0.15, -0.1) is 0 Å². The summed E-state index contributed by atoms with van der Waals surface area (Å²) in [5.74, 6) is -1.80. The number of carbonyl (C=O) groups excluding carboxylic acids is 1. The molecular formula is C17H19F3N4O2. The lowest BCUT2D eigenvalue weighted by Gasteiger charge is -2.21. The van der Waals surface area contributed by atoms with Crippen LogP contribution < -0.4 is 5.32 Å². The Kier molecular flexibility index (Phi) is 5.26. The van der Waals surface area contributed by atoms with Gasteiger partial charge in [0.1, 0.15) is 0 Å². The summed E-state index contributed by atoms with van der Waals surface area (Å²) in [6.07, 6.45) is -2.31. The fourth-order valence-electron chi connectivity index (χ4n) is 2.93. The number of rotatable bonds is 5. The zero-order valence-electron chi connectivity index (χ0n) is 14.2. The topological polar surface area (TPSA) is 71.3 Å². The molecule has 2 heterocycles. The third-order valence-electron chi connectivity index (χ3n) is 4.18. The highest BCUT2D eigenvalue weighted by Gasteiger charge is 2.38. The summed E-state index contributed by atoms with van der Waals surface area (Å²) in [7, 11) is 0. The van der Waals surface area contributed by atoms with Crippen LogP contribution in [0.25, 0.3) is 11.4 Å². The van der Waals surface area contributed by atoms with Crippen LogP contribution in [0.4, 0.5) is 13.2 Å². The second-order valence-electron chi connectivity index (χ2n) is 6.38. The number of hydrogen-bond acceptors (Lipinski definition) is 5. The molecule has 3 rings (SSSR count). The van der Waals surface area contributed by atoms with Gasteiger partial charge >= 0.3 is 12.1 Å². The van der Waals surface area contributed by atoms with Crippen LogP contribution in [0.3, 0.4) is 0 Å². The van der Waals surface area contributed by atoms with E-state index < -0.39 is 12.1 Å². The highest BCUT2D eigenvalue weighted by Crippen LogP contribution is 2.29. The van der Waals surface area contributed by atoms with Crippen molar-refractivity contribution in [3.63, 3.8) is 0 Å². The van der Waals surface area contributed by atoms with Crippen molar-refractivity contribution in [3.8, 4) is 11.4 Å². The molecule has 1 atom stereocenters. The molecule has 1 aliphatic rings. The van der Waals surface area contributed by atoms with Gasteiger partial charge in [0, 0.05) is 23.7 Å². The first-order chi connectivity index (χ1) is 12.3. The molecule has 0 unspecified atom stereocenters. The highest BCUT2D eigenvalue weighted by atomic mass is 19.4. The van der Waals surface area contributed by atoms with Gasteiger partial charge in [-0.25, -0.2) is 0 Å². The van der Waals surface area contributed by atoms with E-state index in [2.05, 4.69) is 24.9 Å². The Labute approximate surface area is 148 Å². The van der Waals surface area contributed by atoms with E-state index >= 15 is 0 Å². The van der Waals surface area contributed by atoms with Crippen molar-refractivity contribution in [1.29, 1.82) is 0 Å². The standard InChI is InChI=1S/C17H19F3N4O2/c1-11(10-24-8-2-3-9-24)21-15(25)13-6-4-12(5-7-13)14-22-16(26-23-14)17(18,19)20/h4-7,11H,2-3,8-10H2,1H3,(H,21,25)/t11-/m0/s1. The smallest absolute Gasteiger partial charge is 0.348 e. The van der Waals surface area contributed by atoms with Crippen LogP contribution >= 0.6 is 0 Å². The Hall–Kier alpha value is -2.42. The molecule has 2 aromatic rings. The van der Waals surface area contributed by atoms with Crippen LogP contribution in [0.1, 0.15) is 36.0 Å². The Morgan fingerprint density at radius 2 is 1.92 bits per heavy atom. The molecule has 1 N–H and O–H groups in total. The predicted molar refractivity (Wildman–Crippen MR) is 87.3 cm³/mol. The maximum atomic E-state index is 12.5. The van der Waals surface area contributed by atoms with Crippen LogP contribution in [-0.4, -0.2) is 46.6 Å². The molecule has 0 aliphatic carbocycles. The number of benzene rings is 1. The summed E-state index contributed by atoms with van der Waals surface area (Å²) >= 11 is 0. The van der Waals surface area contributed by atoms with E-state index in [1.165, 1.54) is 37.1 Å². The van der Waals surface area contributed by atoms with E-state index in [9.17, 15) is 18.0 Å². The van der Waals surface area contributed by atoms with Gasteiger partial charge in [0.15, 0.2) is 0 Å². The molecule has 9 heteroatoms. The molecule has 0 spiro atoms. The van der Waals surface area contributed by atoms with Crippen LogP contribution in [0.2, 0.25) is 0 Å². The van der Waals surface area contributed by atoms with Crippen molar-refractivity contribution in [2.24, 2.45) is 0 Å². The molecule has 6 nitrogen and oxygen atoms in total. The van der Waals surface area contributed by atoms with E-state index in [0.717, 1.165) is 19.6 Å². The van der Waals surface area contributed by atoms with Crippen molar-refractivity contribution < 1.29 is 22.5 Å². The van der Waals surface area contributed by atoms with E-state index in [-0.39, 0.29) is 17.8 Å². The summed E-state index contributed by atoms with van der Waals surface area (Å²) < 4.78 is 41.7. The van der Waals surface area contributed by atoms with Gasteiger partial charge in [0.25, 0.3) is 5.91 Å². The zero-order chi connectivity index (χ0) is 18.7. The van der Waals surface area contributed by atoms with Crippen molar-refractivity contribution in [3.05, 3.63) is 35.7 Å². The fourth-order valence-corrected chi connectivity index (χ4v) is 2.93. The van der Waals surface area contributed by atoms with Crippen molar-refractivity contribution in [2.45, 2.75) is 32.0 Å². The first-order valence-corrected chi connectivity index (χ1v) is 8.37. The highest BCUT2D eigenvalue weighted by molar-refractivity contribution is 5.94. The lowest BCUT2D eigenvalue weighted by atomic mass is 10.1. The van der Waals surface area contributed by atoms with Crippen LogP contribution in [0.15, 0.2) is 28.8 Å². The Bertz CT molecular complexity index is 752. The Morgan fingerprint density at radius 3 is 2.50 bits per heavy atom. The molecule has 1 aliphatic heterocycles. The minimum Gasteiger partial charge on any atom is -0.348 e. The summed E-state index contributed by atoms with van der Waals surface area (Å²) in [6.45, 7) is 4.86. The number of nitrogens with one attached hydrogen (secondary N) is 1. The second kappa shape index (κ2) is 7.45. The quantitative estimate of drug-likeness (QED) is 0.879. The Morgan fingerprint density at radius 1 is 1.27 bits per heavy atom. The number of aromatic nitrogens is 2. The number of nitrogens with zero attached hydrogens (tertiary/aromatic N) is 3.